The third kappa shape index (κ3) is 5.39. The second-order valence-electron chi connectivity index (χ2n) is 8.04. The number of amides is 2. The van der Waals surface area contributed by atoms with Crippen LogP contribution in [0.5, 0.6) is 0 Å². The topological polar surface area (TPSA) is 111 Å². The highest BCUT2D eigenvalue weighted by atomic mass is 32.2. The fraction of sp³-hybridized carbons (Fsp3) is 0.391. The number of rotatable bonds is 6. The molecule has 2 aromatic rings. The number of hydrogen-bond donors (Lipinski definition) is 2. The van der Waals surface area contributed by atoms with E-state index in [-0.39, 0.29) is 17.6 Å². The average molecular weight is 489 g/mol. The minimum absolute atomic E-state index is 0.136. The van der Waals surface area contributed by atoms with Crippen LogP contribution in [0.2, 0.25) is 0 Å². The first-order valence-corrected chi connectivity index (χ1v) is 12.5. The number of nitrogens with one attached hydrogen (secondary N) is 2. The molecule has 8 nitrogen and oxygen atoms in total. The van der Waals surface area contributed by atoms with E-state index in [1.54, 1.807) is 26.0 Å². The van der Waals surface area contributed by atoms with E-state index in [0.29, 0.717) is 22.0 Å². The predicted molar refractivity (Wildman–Crippen MR) is 126 cm³/mol. The highest BCUT2D eigenvalue weighted by molar-refractivity contribution is 8.00. The molecular weight excluding hydrogens is 464 g/mol. The van der Waals surface area contributed by atoms with Crippen LogP contribution in [-0.2, 0) is 31.9 Å². The molecule has 1 aliphatic heterocycles. The Bertz CT molecular complexity index is 1120. The zero-order chi connectivity index (χ0) is 23.5. The van der Waals surface area contributed by atoms with Gasteiger partial charge in [0.15, 0.2) is 6.61 Å². The first kappa shape index (κ1) is 23.3. The van der Waals surface area contributed by atoms with Crippen molar-refractivity contribution in [3.05, 3.63) is 39.8 Å². The summed E-state index contributed by atoms with van der Waals surface area (Å²) in [6.07, 6.45) is 3.38. The van der Waals surface area contributed by atoms with Gasteiger partial charge in [-0.05, 0) is 63.3 Å². The number of thioether (sulfide) groups is 1. The molecule has 0 saturated carbocycles. The lowest BCUT2D eigenvalue weighted by atomic mass is 9.95. The molecule has 1 aromatic heterocycles. The van der Waals surface area contributed by atoms with Gasteiger partial charge in [0.2, 0.25) is 5.91 Å². The van der Waals surface area contributed by atoms with Crippen molar-refractivity contribution in [2.75, 3.05) is 23.0 Å². The van der Waals surface area contributed by atoms with Gasteiger partial charge in [-0.1, -0.05) is 0 Å². The minimum Gasteiger partial charge on any atom is -0.459 e. The monoisotopic (exact) mass is 488 g/mol. The highest BCUT2D eigenvalue weighted by Crippen LogP contribution is 2.39. The number of carbonyl (C=O) groups excluding carboxylic acids is 4. The third-order valence-electron chi connectivity index (χ3n) is 5.15. The molecule has 0 radical (unpaired) electrons. The molecule has 10 heteroatoms. The van der Waals surface area contributed by atoms with Gasteiger partial charge in [-0.15, -0.1) is 23.1 Å². The first-order chi connectivity index (χ1) is 15.8. The van der Waals surface area contributed by atoms with Gasteiger partial charge in [0.25, 0.3) is 5.91 Å². The van der Waals surface area contributed by atoms with Crippen molar-refractivity contribution in [2.24, 2.45) is 0 Å². The standard InChI is InChI=1S/C23H24N2O6S2/c1-12(2)31-23(29)20-14-5-3-4-6-16(14)33-21(20)25-18(26)10-30-22(28)13-7-8-17-15(9-13)24-19(27)11-32-17/h7-9,12H,3-6,10-11H2,1-2H3,(H,24,27)(H,25,26). The summed E-state index contributed by atoms with van der Waals surface area (Å²) in [6, 6.07) is 4.86. The number of carbonyl (C=O) groups is 4. The summed E-state index contributed by atoms with van der Waals surface area (Å²) in [5.74, 6) is -1.48. The molecule has 0 saturated heterocycles. The molecule has 0 unspecified atom stereocenters. The van der Waals surface area contributed by atoms with Crippen molar-refractivity contribution >= 4 is 57.5 Å². The van der Waals surface area contributed by atoms with E-state index in [1.165, 1.54) is 29.2 Å². The lowest BCUT2D eigenvalue weighted by Gasteiger charge is -2.16. The summed E-state index contributed by atoms with van der Waals surface area (Å²) in [5.41, 5.74) is 2.13. The van der Waals surface area contributed by atoms with Crippen LogP contribution in [0.1, 0.15) is 57.8 Å². The fourth-order valence-electron chi connectivity index (χ4n) is 3.73. The van der Waals surface area contributed by atoms with Crippen molar-refractivity contribution in [1.82, 2.24) is 0 Å². The number of anilines is 2. The van der Waals surface area contributed by atoms with E-state index >= 15 is 0 Å². The molecule has 2 amide bonds. The zero-order valence-electron chi connectivity index (χ0n) is 18.3. The number of benzene rings is 1. The molecule has 0 bridgehead atoms. The summed E-state index contributed by atoms with van der Waals surface area (Å²) in [6.45, 7) is 3.05. The summed E-state index contributed by atoms with van der Waals surface area (Å²) < 4.78 is 10.6. The maximum Gasteiger partial charge on any atom is 0.341 e. The second-order valence-corrected chi connectivity index (χ2v) is 10.2. The van der Waals surface area contributed by atoms with Crippen LogP contribution in [0.15, 0.2) is 23.1 Å². The maximum atomic E-state index is 12.7. The average Bonchev–Trinajstić information content (AvgIpc) is 3.14. The van der Waals surface area contributed by atoms with Crippen LogP contribution in [0.3, 0.4) is 0 Å². The van der Waals surface area contributed by atoms with E-state index in [4.69, 9.17) is 9.47 Å². The number of hydrogen-bond acceptors (Lipinski definition) is 8. The molecule has 174 valence electrons. The maximum absolute atomic E-state index is 12.7. The number of fused-ring (bicyclic) bond motifs is 2. The van der Waals surface area contributed by atoms with Crippen LogP contribution >= 0.6 is 23.1 Å². The van der Waals surface area contributed by atoms with Gasteiger partial charge >= 0.3 is 11.9 Å². The van der Waals surface area contributed by atoms with E-state index in [2.05, 4.69) is 10.6 Å². The van der Waals surface area contributed by atoms with Crippen LogP contribution in [0, 0.1) is 0 Å². The number of esters is 2. The summed E-state index contributed by atoms with van der Waals surface area (Å²) in [7, 11) is 0. The predicted octanol–water partition coefficient (Wildman–Crippen LogP) is 4.03. The molecule has 2 N–H and O–H groups in total. The molecular formula is C23H24N2O6S2. The van der Waals surface area contributed by atoms with Gasteiger partial charge in [-0.25, -0.2) is 9.59 Å². The lowest BCUT2D eigenvalue weighted by Crippen LogP contribution is -2.23. The lowest BCUT2D eigenvalue weighted by molar-refractivity contribution is -0.119. The Kier molecular flexibility index (Phi) is 7.04. The highest BCUT2D eigenvalue weighted by Gasteiger charge is 2.28. The summed E-state index contributed by atoms with van der Waals surface area (Å²) in [4.78, 5) is 51.2. The molecule has 2 heterocycles. The van der Waals surface area contributed by atoms with Gasteiger partial charge in [-0.2, -0.15) is 0 Å². The Labute approximate surface area is 199 Å². The Morgan fingerprint density at radius 3 is 2.73 bits per heavy atom. The molecule has 0 spiro atoms. The molecule has 33 heavy (non-hydrogen) atoms. The first-order valence-electron chi connectivity index (χ1n) is 10.7. The van der Waals surface area contributed by atoms with E-state index in [1.807, 2.05) is 0 Å². The number of ether oxygens (including phenoxy) is 2. The van der Waals surface area contributed by atoms with E-state index in [0.717, 1.165) is 41.0 Å². The Balaban J connectivity index is 1.42. The summed E-state index contributed by atoms with van der Waals surface area (Å²) in [5, 5.41) is 5.88. The second kappa shape index (κ2) is 9.96. The molecule has 1 aromatic carbocycles. The number of aryl methyl sites for hydroxylation is 1. The fourth-order valence-corrected chi connectivity index (χ4v) is 5.81. The van der Waals surface area contributed by atoms with Gasteiger partial charge in [0, 0.05) is 9.77 Å². The van der Waals surface area contributed by atoms with Crippen molar-refractivity contribution in [3.63, 3.8) is 0 Å². The van der Waals surface area contributed by atoms with Crippen molar-refractivity contribution in [2.45, 2.75) is 50.5 Å². The Morgan fingerprint density at radius 2 is 1.94 bits per heavy atom. The van der Waals surface area contributed by atoms with Crippen molar-refractivity contribution < 1.29 is 28.7 Å². The minimum atomic E-state index is -0.678. The quantitative estimate of drug-likeness (QED) is 0.591. The van der Waals surface area contributed by atoms with Crippen molar-refractivity contribution in [3.8, 4) is 0 Å². The van der Waals surface area contributed by atoms with Gasteiger partial charge < -0.3 is 20.1 Å². The van der Waals surface area contributed by atoms with E-state index < -0.39 is 24.5 Å². The number of thiophene rings is 1. The van der Waals surface area contributed by atoms with E-state index in [9.17, 15) is 19.2 Å². The van der Waals surface area contributed by atoms with Crippen molar-refractivity contribution in [1.29, 1.82) is 0 Å². The molecule has 2 aliphatic rings. The largest absolute Gasteiger partial charge is 0.459 e. The molecule has 4 rings (SSSR count). The zero-order valence-corrected chi connectivity index (χ0v) is 20.0. The van der Waals surface area contributed by atoms with Crippen LogP contribution < -0.4 is 10.6 Å². The van der Waals surface area contributed by atoms with Crippen LogP contribution in [0.4, 0.5) is 10.7 Å². The van der Waals surface area contributed by atoms with Gasteiger partial charge in [0.1, 0.15) is 5.00 Å². The van der Waals surface area contributed by atoms with Gasteiger partial charge in [-0.3, -0.25) is 9.59 Å². The summed E-state index contributed by atoms with van der Waals surface area (Å²) >= 11 is 2.77. The Hall–Kier alpha value is -2.85. The molecule has 1 aliphatic carbocycles. The molecule has 0 atom stereocenters. The van der Waals surface area contributed by atoms with Gasteiger partial charge in [0.05, 0.1) is 28.7 Å². The SMILES string of the molecule is CC(C)OC(=O)c1c(NC(=O)COC(=O)c2ccc3c(c2)NC(=O)CS3)sc2c1CCCC2. The van der Waals surface area contributed by atoms with Crippen LogP contribution in [0.25, 0.3) is 0 Å². The normalized spacial score (nSPS) is 14.7. The third-order valence-corrected chi connectivity index (χ3v) is 7.43. The van der Waals surface area contributed by atoms with Crippen LogP contribution in [-0.4, -0.2) is 42.2 Å². The molecule has 0 fully saturated rings. The smallest absolute Gasteiger partial charge is 0.341 e. The Morgan fingerprint density at radius 1 is 1.15 bits per heavy atom.